The van der Waals surface area contributed by atoms with Crippen LogP contribution in [-0.2, 0) is 19.1 Å². The van der Waals surface area contributed by atoms with Crippen molar-refractivity contribution in [1.29, 1.82) is 0 Å². The van der Waals surface area contributed by atoms with Gasteiger partial charge in [0.1, 0.15) is 6.61 Å². The first kappa shape index (κ1) is 23.4. The lowest BCUT2D eigenvalue weighted by atomic mass is 9.83. The van der Waals surface area contributed by atoms with Crippen LogP contribution in [0.1, 0.15) is 49.7 Å². The summed E-state index contributed by atoms with van der Waals surface area (Å²) in [6.07, 6.45) is 0.879. The van der Waals surface area contributed by atoms with E-state index in [4.69, 9.17) is 9.47 Å². The fourth-order valence-corrected chi connectivity index (χ4v) is 5.77. The summed E-state index contributed by atoms with van der Waals surface area (Å²) < 4.78 is 10.9. The predicted molar refractivity (Wildman–Crippen MR) is 128 cm³/mol. The maximum absolute atomic E-state index is 13.2. The summed E-state index contributed by atoms with van der Waals surface area (Å²) in [7, 11) is 0. The summed E-state index contributed by atoms with van der Waals surface area (Å²) in [5, 5.41) is 15.1. The second-order valence-electron chi connectivity index (χ2n) is 9.83. The van der Waals surface area contributed by atoms with Gasteiger partial charge in [0.2, 0.25) is 5.91 Å². The average molecular weight is 479 g/mol. The Hall–Kier alpha value is -3.39. The third-order valence-corrected chi connectivity index (χ3v) is 7.76. The average Bonchev–Trinajstić information content (AvgIpc) is 3.55. The van der Waals surface area contributed by atoms with Crippen LogP contribution in [0.25, 0.3) is 11.1 Å². The van der Waals surface area contributed by atoms with E-state index in [0.717, 1.165) is 28.7 Å². The van der Waals surface area contributed by atoms with E-state index in [9.17, 15) is 19.5 Å². The minimum Gasteiger partial charge on any atom is -0.479 e. The number of amides is 2. The molecule has 0 radical (unpaired) electrons. The Kier molecular flexibility index (Phi) is 6.23. The highest BCUT2D eigenvalue weighted by Gasteiger charge is 2.48. The van der Waals surface area contributed by atoms with Crippen LogP contribution in [0.2, 0.25) is 0 Å². The number of nitrogens with one attached hydrogen (secondary N) is 2. The molecule has 1 saturated heterocycles. The van der Waals surface area contributed by atoms with Crippen molar-refractivity contribution >= 4 is 18.0 Å². The molecule has 1 heterocycles. The Balaban J connectivity index is 1.22. The molecule has 0 spiro atoms. The smallest absolute Gasteiger partial charge is 0.407 e. The summed E-state index contributed by atoms with van der Waals surface area (Å²) in [4.78, 5) is 37.4. The summed E-state index contributed by atoms with van der Waals surface area (Å²) >= 11 is 0. The topological polar surface area (TPSA) is 114 Å². The van der Waals surface area contributed by atoms with Crippen LogP contribution >= 0.6 is 0 Å². The van der Waals surface area contributed by atoms with Crippen LogP contribution in [0.5, 0.6) is 0 Å². The summed E-state index contributed by atoms with van der Waals surface area (Å²) in [5.41, 5.74) is 3.74. The van der Waals surface area contributed by atoms with Gasteiger partial charge in [0.05, 0.1) is 11.5 Å². The first-order valence-electron chi connectivity index (χ1n) is 12.2. The Bertz CT molecular complexity index is 1100. The monoisotopic (exact) mass is 478 g/mol. The van der Waals surface area contributed by atoms with E-state index in [1.807, 2.05) is 31.2 Å². The quantitative estimate of drug-likeness (QED) is 0.586. The molecular weight excluding hydrogens is 448 g/mol. The number of carbonyl (C=O) groups excluding carboxylic acids is 2. The number of fused-ring (bicyclic) bond motifs is 3. The summed E-state index contributed by atoms with van der Waals surface area (Å²) in [5.74, 6) is -1.39. The van der Waals surface area contributed by atoms with Gasteiger partial charge < -0.3 is 25.2 Å². The maximum atomic E-state index is 13.2. The molecule has 2 unspecified atom stereocenters. The molecule has 2 aromatic rings. The number of ether oxygens (including phenoxy) is 2. The van der Waals surface area contributed by atoms with E-state index in [2.05, 4.69) is 34.9 Å². The van der Waals surface area contributed by atoms with Crippen molar-refractivity contribution in [2.75, 3.05) is 13.2 Å². The molecule has 0 aromatic heterocycles. The van der Waals surface area contributed by atoms with Crippen LogP contribution < -0.4 is 10.6 Å². The van der Waals surface area contributed by atoms with Gasteiger partial charge in [-0.05, 0) is 48.4 Å². The van der Waals surface area contributed by atoms with Crippen LogP contribution in [0.3, 0.4) is 0 Å². The lowest BCUT2D eigenvalue weighted by Gasteiger charge is -2.32. The minimum absolute atomic E-state index is 0.0401. The van der Waals surface area contributed by atoms with Crippen LogP contribution in [0.15, 0.2) is 48.5 Å². The normalized spacial score (nSPS) is 27.2. The van der Waals surface area contributed by atoms with Crippen molar-refractivity contribution in [2.24, 2.45) is 5.41 Å². The van der Waals surface area contributed by atoms with Crippen LogP contribution in [-0.4, -0.2) is 54.5 Å². The largest absolute Gasteiger partial charge is 0.479 e. The van der Waals surface area contributed by atoms with Gasteiger partial charge in [0, 0.05) is 18.6 Å². The zero-order chi connectivity index (χ0) is 24.6. The van der Waals surface area contributed by atoms with Gasteiger partial charge in [0.15, 0.2) is 6.10 Å². The fourth-order valence-electron chi connectivity index (χ4n) is 5.77. The number of carboxylic acids is 1. The molecule has 1 saturated carbocycles. The van der Waals surface area contributed by atoms with E-state index < -0.39 is 35.7 Å². The Morgan fingerprint density at radius 1 is 1.03 bits per heavy atom. The SMILES string of the molecule is CC1(C(=O)N[C@@H]2CCO[C@@H]2C(=O)O)CCCC1NC(=O)OCC1c2ccccc2-c2ccccc21. The van der Waals surface area contributed by atoms with Crippen molar-refractivity contribution in [1.82, 2.24) is 10.6 Å². The number of aliphatic carboxylic acids is 1. The maximum Gasteiger partial charge on any atom is 0.407 e. The lowest BCUT2D eigenvalue weighted by molar-refractivity contribution is -0.148. The zero-order valence-corrected chi connectivity index (χ0v) is 19.7. The van der Waals surface area contributed by atoms with Crippen molar-refractivity contribution in [3.05, 3.63) is 59.7 Å². The molecule has 1 aliphatic heterocycles. The molecular formula is C27H30N2O6. The number of benzene rings is 2. The first-order chi connectivity index (χ1) is 16.9. The third-order valence-electron chi connectivity index (χ3n) is 7.76. The Morgan fingerprint density at radius 2 is 1.69 bits per heavy atom. The Labute approximate surface area is 204 Å². The van der Waals surface area contributed by atoms with Crippen molar-refractivity contribution in [3.63, 3.8) is 0 Å². The highest BCUT2D eigenvalue weighted by atomic mass is 16.5. The van der Waals surface area contributed by atoms with Gasteiger partial charge in [-0.15, -0.1) is 0 Å². The molecule has 2 aromatic carbocycles. The van der Waals surface area contributed by atoms with Crippen molar-refractivity contribution in [3.8, 4) is 11.1 Å². The molecule has 35 heavy (non-hydrogen) atoms. The van der Waals surface area contributed by atoms with Crippen molar-refractivity contribution in [2.45, 2.75) is 56.7 Å². The molecule has 184 valence electrons. The van der Waals surface area contributed by atoms with E-state index in [1.165, 1.54) is 0 Å². The Morgan fingerprint density at radius 3 is 2.34 bits per heavy atom. The number of hydrogen-bond donors (Lipinski definition) is 3. The molecule has 5 rings (SSSR count). The van der Waals surface area contributed by atoms with Crippen LogP contribution in [0.4, 0.5) is 4.79 Å². The third kappa shape index (κ3) is 4.27. The first-order valence-corrected chi connectivity index (χ1v) is 12.2. The standard InChI is InChI=1S/C27H30N2O6/c1-27(25(32)28-21-12-14-34-23(21)24(30)31)13-6-11-22(27)29-26(33)35-15-20-18-9-4-2-7-16(18)17-8-3-5-10-19(17)20/h2-5,7-10,20-23H,6,11-15H2,1H3,(H,28,32)(H,29,33)(H,30,31)/t21-,22?,23+,27?/m1/s1. The van der Waals surface area contributed by atoms with Gasteiger partial charge in [-0.2, -0.15) is 0 Å². The molecule has 2 fully saturated rings. The lowest BCUT2D eigenvalue weighted by Crippen LogP contribution is -2.55. The zero-order valence-electron chi connectivity index (χ0n) is 19.7. The number of hydrogen-bond acceptors (Lipinski definition) is 5. The van der Waals surface area contributed by atoms with Gasteiger partial charge >= 0.3 is 12.1 Å². The number of carbonyl (C=O) groups is 3. The second kappa shape index (κ2) is 9.34. The summed E-state index contributed by atoms with van der Waals surface area (Å²) in [6.45, 7) is 2.31. The molecule has 2 amide bonds. The number of alkyl carbamates (subject to hydrolysis) is 1. The van der Waals surface area contributed by atoms with E-state index in [1.54, 1.807) is 0 Å². The second-order valence-corrected chi connectivity index (χ2v) is 9.83. The van der Waals surface area contributed by atoms with Gasteiger partial charge in [-0.25, -0.2) is 9.59 Å². The highest BCUT2D eigenvalue weighted by molar-refractivity contribution is 5.86. The van der Waals surface area contributed by atoms with Gasteiger partial charge in [0.25, 0.3) is 0 Å². The summed E-state index contributed by atoms with van der Waals surface area (Å²) in [6, 6.07) is 15.3. The van der Waals surface area contributed by atoms with E-state index in [-0.39, 0.29) is 18.4 Å². The predicted octanol–water partition coefficient (Wildman–Crippen LogP) is 3.44. The molecule has 2 aliphatic carbocycles. The molecule has 3 N–H and O–H groups in total. The fraction of sp³-hybridized carbons (Fsp3) is 0.444. The molecule has 8 nitrogen and oxygen atoms in total. The van der Waals surface area contributed by atoms with Crippen molar-refractivity contribution < 1.29 is 29.0 Å². The molecule has 3 aliphatic rings. The molecule has 0 bridgehead atoms. The molecule has 4 atom stereocenters. The molecule has 8 heteroatoms. The van der Waals surface area contributed by atoms with Gasteiger partial charge in [-0.3, -0.25) is 4.79 Å². The van der Waals surface area contributed by atoms with E-state index in [0.29, 0.717) is 25.9 Å². The van der Waals surface area contributed by atoms with Crippen LogP contribution in [0, 0.1) is 5.41 Å². The number of rotatable bonds is 6. The van der Waals surface area contributed by atoms with E-state index >= 15 is 0 Å². The minimum atomic E-state index is -1.09. The number of carboxylic acid groups (broad SMARTS) is 1. The van der Waals surface area contributed by atoms with Gasteiger partial charge in [-0.1, -0.05) is 55.0 Å². The highest BCUT2D eigenvalue weighted by Crippen LogP contribution is 2.44.